The molecule has 0 aliphatic rings. The van der Waals surface area contributed by atoms with Crippen molar-refractivity contribution in [1.82, 2.24) is 9.78 Å². The number of hydrogen-bond donors (Lipinski definition) is 0. The lowest BCUT2D eigenvalue weighted by Gasteiger charge is -1.98. The quantitative estimate of drug-likeness (QED) is 0.671. The first-order valence-corrected chi connectivity index (χ1v) is 4.50. The summed E-state index contributed by atoms with van der Waals surface area (Å²) in [4.78, 5) is 11.3. The molecule has 3 heteroatoms. The molecule has 0 aliphatic heterocycles. The number of carbonyl (C=O) groups excluding carboxylic acids is 1. The molecule has 0 aliphatic carbocycles. The van der Waals surface area contributed by atoms with Crippen LogP contribution in [0.2, 0.25) is 0 Å². The van der Waals surface area contributed by atoms with Crippen LogP contribution in [0.25, 0.3) is 0 Å². The van der Waals surface area contributed by atoms with E-state index in [1.54, 1.807) is 4.68 Å². The molecule has 0 N–H and O–H groups in total. The standard InChI is InChI=1S/C11H14N2O/c1-5-6-10(14)7-11-8(2)12-13(4)9(11)3/h1H,6-7H2,2-4H3. The van der Waals surface area contributed by atoms with Gasteiger partial charge < -0.3 is 0 Å². The fraction of sp³-hybridized carbons (Fsp3) is 0.455. The summed E-state index contributed by atoms with van der Waals surface area (Å²) in [6, 6.07) is 0. The van der Waals surface area contributed by atoms with Gasteiger partial charge in [-0.2, -0.15) is 5.10 Å². The Hall–Kier alpha value is -1.56. The zero-order valence-electron chi connectivity index (χ0n) is 8.79. The van der Waals surface area contributed by atoms with Crippen molar-refractivity contribution in [2.45, 2.75) is 26.7 Å². The molecule has 0 spiro atoms. The van der Waals surface area contributed by atoms with E-state index in [0.29, 0.717) is 6.42 Å². The van der Waals surface area contributed by atoms with E-state index in [2.05, 4.69) is 11.0 Å². The van der Waals surface area contributed by atoms with Crippen molar-refractivity contribution < 1.29 is 4.79 Å². The molecule has 1 aromatic rings. The third kappa shape index (κ3) is 2.02. The van der Waals surface area contributed by atoms with E-state index < -0.39 is 0 Å². The molecule has 0 saturated heterocycles. The van der Waals surface area contributed by atoms with Gasteiger partial charge in [0, 0.05) is 24.7 Å². The van der Waals surface area contributed by atoms with Crippen molar-refractivity contribution >= 4 is 5.78 Å². The van der Waals surface area contributed by atoms with Gasteiger partial charge >= 0.3 is 0 Å². The minimum absolute atomic E-state index is 0.0756. The first-order chi connectivity index (χ1) is 6.56. The van der Waals surface area contributed by atoms with Crippen LogP contribution in [0.1, 0.15) is 23.4 Å². The normalized spacial score (nSPS) is 9.86. The monoisotopic (exact) mass is 190 g/mol. The third-order valence-corrected chi connectivity index (χ3v) is 2.33. The van der Waals surface area contributed by atoms with E-state index >= 15 is 0 Å². The minimum atomic E-state index is 0.0756. The molecule has 3 nitrogen and oxygen atoms in total. The fourth-order valence-corrected chi connectivity index (χ4v) is 1.45. The van der Waals surface area contributed by atoms with Gasteiger partial charge in [-0.1, -0.05) is 5.92 Å². The maximum atomic E-state index is 11.3. The van der Waals surface area contributed by atoms with Crippen LogP contribution in [0.3, 0.4) is 0 Å². The number of aryl methyl sites for hydroxylation is 2. The summed E-state index contributed by atoms with van der Waals surface area (Å²) in [7, 11) is 1.87. The zero-order chi connectivity index (χ0) is 10.7. The molecule has 14 heavy (non-hydrogen) atoms. The highest BCUT2D eigenvalue weighted by Crippen LogP contribution is 2.13. The van der Waals surface area contributed by atoms with Crippen molar-refractivity contribution in [2.75, 3.05) is 0 Å². The summed E-state index contributed by atoms with van der Waals surface area (Å²) < 4.78 is 1.79. The summed E-state index contributed by atoms with van der Waals surface area (Å²) in [6.07, 6.45) is 5.67. The zero-order valence-corrected chi connectivity index (χ0v) is 8.79. The van der Waals surface area contributed by atoms with E-state index in [1.165, 1.54) is 0 Å². The van der Waals surface area contributed by atoms with Crippen LogP contribution in [-0.2, 0) is 18.3 Å². The number of terminal acetylenes is 1. The Morgan fingerprint density at radius 2 is 2.21 bits per heavy atom. The number of ketones is 1. The SMILES string of the molecule is C#CCC(=O)Cc1c(C)nn(C)c1C. The molecule has 0 saturated carbocycles. The van der Waals surface area contributed by atoms with Crippen LogP contribution < -0.4 is 0 Å². The summed E-state index contributed by atoms with van der Waals surface area (Å²) in [5.41, 5.74) is 2.95. The van der Waals surface area contributed by atoms with E-state index in [-0.39, 0.29) is 12.2 Å². The lowest BCUT2D eigenvalue weighted by Crippen LogP contribution is -2.03. The molecular formula is C11H14N2O. The smallest absolute Gasteiger partial charge is 0.149 e. The number of hydrogen-bond acceptors (Lipinski definition) is 2. The highest BCUT2D eigenvalue weighted by Gasteiger charge is 2.12. The van der Waals surface area contributed by atoms with E-state index in [9.17, 15) is 4.79 Å². The second kappa shape index (κ2) is 4.10. The number of Topliss-reactive ketones (excluding diaryl/α,β-unsaturated/α-hetero) is 1. The first-order valence-electron chi connectivity index (χ1n) is 4.50. The van der Waals surface area contributed by atoms with Crippen LogP contribution in [0.5, 0.6) is 0 Å². The molecule has 0 amide bonds. The van der Waals surface area contributed by atoms with Crippen LogP contribution >= 0.6 is 0 Å². The summed E-state index contributed by atoms with van der Waals surface area (Å²) >= 11 is 0. The maximum Gasteiger partial charge on any atom is 0.149 e. The second-order valence-corrected chi connectivity index (χ2v) is 3.37. The first kappa shape index (κ1) is 10.5. The lowest BCUT2D eigenvalue weighted by atomic mass is 10.1. The van der Waals surface area contributed by atoms with Crippen molar-refractivity contribution in [3.05, 3.63) is 17.0 Å². The van der Waals surface area contributed by atoms with Gasteiger partial charge in [-0.3, -0.25) is 9.48 Å². The van der Waals surface area contributed by atoms with Gasteiger partial charge in [-0.15, -0.1) is 6.42 Å². The predicted octanol–water partition coefficient (Wildman–Crippen LogP) is 1.17. The Labute approximate surface area is 84.1 Å². The Bertz CT molecular complexity index is 396. The average molecular weight is 190 g/mol. The molecule has 0 unspecified atom stereocenters. The Morgan fingerprint density at radius 1 is 1.57 bits per heavy atom. The lowest BCUT2D eigenvalue weighted by molar-refractivity contribution is -0.117. The van der Waals surface area contributed by atoms with Crippen molar-refractivity contribution in [1.29, 1.82) is 0 Å². The molecule has 0 bridgehead atoms. The number of carbonyl (C=O) groups is 1. The molecule has 1 aromatic heterocycles. The second-order valence-electron chi connectivity index (χ2n) is 3.37. The highest BCUT2D eigenvalue weighted by molar-refractivity contribution is 5.83. The summed E-state index contributed by atoms with van der Waals surface area (Å²) in [5.74, 6) is 2.43. The molecular weight excluding hydrogens is 176 g/mol. The van der Waals surface area contributed by atoms with Crippen LogP contribution in [0.15, 0.2) is 0 Å². The van der Waals surface area contributed by atoms with Crippen molar-refractivity contribution in [3.63, 3.8) is 0 Å². The van der Waals surface area contributed by atoms with Gasteiger partial charge in [0.25, 0.3) is 0 Å². The molecule has 1 heterocycles. The van der Waals surface area contributed by atoms with Crippen LogP contribution in [0.4, 0.5) is 0 Å². The van der Waals surface area contributed by atoms with Gasteiger partial charge in [-0.25, -0.2) is 0 Å². The fourth-order valence-electron chi connectivity index (χ4n) is 1.45. The Morgan fingerprint density at radius 3 is 2.64 bits per heavy atom. The van der Waals surface area contributed by atoms with Crippen LogP contribution in [-0.4, -0.2) is 15.6 Å². The summed E-state index contributed by atoms with van der Waals surface area (Å²) in [6.45, 7) is 3.87. The van der Waals surface area contributed by atoms with Crippen molar-refractivity contribution in [3.8, 4) is 12.3 Å². The van der Waals surface area contributed by atoms with E-state index in [1.807, 2.05) is 20.9 Å². The van der Waals surface area contributed by atoms with Gasteiger partial charge in [0.2, 0.25) is 0 Å². The molecule has 0 fully saturated rings. The Kier molecular flexibility index (Phi) is 3.08. The Balaban J connectivity index is 2.87. The van der Waals surface area contributed by atoms with Crippen LogP contribution in [0, 0.1) is 26.2 Å². The van der Waals surface area contributed by atoms with Gasteiger partial charge in [-0.05, 0) is 13.8 Å². The van der Waals surface area contributed by atoms with E-state index in [0.717, 1.165) is 17.0 Å². The van der Waals surface area contributed by atoms with Crippen molar-refractivity contribution in [2.24, 2.45) is 7.05 Å². The van der Waals surface area contributed by atoms with Gasteiger partial charge in [0.1, 0.15) is 5.78 Å². The molecule has 1 rings (SSSR count). The molecule has 74 valence electrons. The largest absolute Gasteiger partial charge is 0.298 e. The van der Waals surface area contributed by atoms with E-state index in [4.69, 9.17) is 6.42 Å². The highest BCUT2D eigenvalue weighted by atomic mass is 16.1. The molecule has 0 atom stereocenters. The predicted molar refractivity (Wildman–Crippen MR) is 54.8 cm³/mol. The maximum absolute atomic E-state index is 11.3. The molecule has 0 radical (unpaired) electrons. The van der Waals surface area contributed by atoms with Gasteiger partial charge in [0.15, 0.2) is 0 Å². The third-order valence-electron chi connectivity index (χ3n) is 2.33. The summed E-state index contributed by atoms with van der Waals surface area (Å²) in [5, 5.41) is 4.24. The number of nitrogens with zero attached hydrogens (tertiary/aromatic N) is 2. The minimum Gasteiger partial charge on any atom is -0.298 e. The average Bonchev–Trinajstić information content (AvgIpc) is 2.33. The molecule has 0 aromatic carbocycles. The van der Waals surface area contributed by atoms with Gasteiger partial charge in [0.05, 0.1) is 12.1 Å². The number of aromatic nitrogens is 2. The number of rotatable bonds is 3. The topological polar surface area (TPSA) is 34.9 Å².